The molecule has 0 N–H and O–H groups in total. The number of hydrogen-bond acceptors (Lipinski definition) is 3. The first-order chi connectivity index (χ1) is 6.60. The van der Waals surface area contributed by atoms with E-state index in [1.165, 1.54) is 7.11 Å². The van der Waals surface area contributed by atoms with Crippen molar-refractivity contribution in [2.45, 2.75) is 6.43 Å². The van der Waals surface area contributed by atoms with Crippen LogP contribution in [0.4, 0.5) is 8.78 Å². The minimum absolute atomic E-state index is 0.0126. The van der Waals surface area contributed by atoms with E-state index < -0.39 is 12.1 Å². The third-order valence-electron chi connectivity index (χ3n) is 1.50. The van der Waals surface area contributed by atoms with Crippen molar-refractivity contribution in [3.8, 4) is 11.8 Å². The smallest absolute Gasteiger partial charge is 0.280 e. The number of alkyl halides is 2. The number of methoxy groups -OCH3 is 1. The largest absolute Gasteiger partial charge is 0.492 e. The Bertz CT molecular complexity index is 390. The van der Waals surface area contributed by atoms with Crippen LogP contribution in [0.5, 0.6) is 5.75 Å². The Balaban J connectivity index is 3.33. The highest BCUT2D eigenvalue weighted by Gasteiger charge is 2.16. The quantitative estimate of drug-likeness (QED) is 0.717. The van der Waals surface area contributed by atoms with Crippen molar-refractivity contribution in [1.29, 1.82) is 5.26 Å². The number of nitriles is 1. The van der Waals surface area contributed by atoms with Crippen molar-refractivity contribution in [3.05, 3.63) is 22.5 Å². The van der Waals surface area contributed by atoms with E-state index in [1.54, 1.807) is 6.07 Å². The normalized spacial score (nSPS) is 10.0. The topological polar surface area (TPSA) is 45.9 Å². The zero-order valence-corrected chi connectivity index (χ0v) is 7.85. The molecule has 1 rings (SSSR count). The average Bonchev–Trinajstić information content (AvgIpc) is 2.16. The molecule has 0 spiro atoms. The molecule has 3 nitrogen and oxygen atoms in total. The van der Waals surface area contributed by atoms with Crippen LogP contribution in [-0.2, 0) is 0 Å². The number of hydrogen-bond donors (Lipinski definition) is 0. The summed E-state index contributed by atoms with van der Waals surface area (Å²) >= 11 is 5.54. The summed E-state index contributed by atoms with van der Waals surface area (Å²) in [5, 5.41) is 8.38. The van der Waals surface area contributed by atoms with Crippen LogP contribution < -0.4 is 4.74 Å². The second-order valence-electron chi connectivity index (χ2n) is 2.33. The maximum atomic E-state index is 12.2. The lowest BCUT2D eigenvalue weighted by Crippen LogP contribution is -1.97. The van der Waals surface area contributed by atoms with Gasteiger partial charge in [-0.1, -0.05) is 11.6 Å². The van der Waals surface area contributed by atoms with Crippen molar-refractivity contribution in [2.75, 3.05) is 7.11 Å². The third-order valence-corrected chi connectivity index (χ3v) is 1.76. The number of ether oxygens (including phenoxy) is 1. The molecule has 1 heterocycles. The maximum Gasteiger partial charge on any atom is 0.280 e. The molecule has 0 fully saturated rings. The Morgan fingerprint density at radius 2 is 2.29 bits per heavy atom. The molecular weight excluding hydrogens is 214 g/mol. The Kier molecular flexibility index (Phi) is 3.20. The summed E-state index contributed by atoms with van der Waals surface area (Å²) in [4.78, 5) is 3.39. The lowest BCUT2D eigenvalue weighted by atomic mass is 10.2. The molecule has 0 saturated carbocycles. The number of rotatable bonds is 2. The zero-order chi connectivity index (χ0) is 10.7. The van der Waals surface area contributed by atoms with Crippen LogP contribution in [0.2, 0.25) is 5.15 Å². The SMILES string of the molecule is COc1c(C#N)cc(C(F)F)nc1Cl. The monoisotopic (exact) mass is 218 g/mol. The van der Waals surface area contributed by atoms with Crippen LogP contribution in [0.25, 0.3) is 0 Å². The van der Waals surface area contributed by atoms with Crippen LogP contribution in [0.15, 0.2) is 6.07 Å². The van der Waals surface area contributed by atoms with E-state index >= 15 is 0 Å². The third kappa shape index (κ3) is 1.91. The van der Waals surface area contributed by atoms with E-state index in [0.29, 0.717) is 0 Å². The molecule has 0 atom stereocenters. The van der Waals surface area contributed by atoms with Crippen LogP contribution >= 0.6 is 11.6 Å². The maximum absolute atomic E-state index is 12.2. The lowest BCUT2D eigenvalue weighted by molar-refractivity contribution is 0.146. The summed E-state index contributed by atoms with van der Waals surface area (Å²) < 4.78 is 29.2. The highest BCUT2D eigenvalue weighted by molar-refractivity contribution is 6.31. The molecule has 0 radical (unpaired) electrons. The Morgan fingerprint density at radius 1 is 1.64 bits per heavy atom. The minimum atomic E-state index is -2.76. The van der Waals surface area contributed by atoms with Gasteiger partial charge in [0.15, 0.2) is 10.9 Å². The van der Waals surface area contributed by atoms with E-state index in [4.69, 9.17) is 21.6 Å². The van der Waals surface area contributed by atoms with E-state index in [9.17, 15) is 8.78 Å². The molecule has 0 aliphatic heterocycles. The van der Waals surface area contributed by atoms with Gasteiger partial charge in [-0.2, -0.15) is 5.26 Å². The predicted octanol–water partition coefficient (Wildman–Crippen LogP) is 2.55. The molecule has 0 aromatic carbocycles. The van der Waals surface area contributed by atoms with Gasteiger partial charge in [-0.15, -0.1) is 0 Å². The van der Waals surface area contributed by atoms with Gasteiger partial charge in [0, 0.05) is 0 Å². The molecule has 0 saturated heterocycles. The zero-order valence-electron chi connectivity index (χ0n) is 7.09. The Morgan fingerprint density at radius 3 is 2.71 bits per heavy atom. The summed E-state index contributed by atoms with van der Waals surface area (Å²) in [5.74, 6) is 0.0126. The van der Waals surface area contributed by atoms with Gasteiger partial charge in [0.1, 0.15) is 11.8 Å². The van der Waals surface area contributed by atoms with E-state index in [-0.39, 0.29) is 16.5 Å². The highest BCUT2D eigenvalue weighted by atomic mass is 35.5. The van der Waals surface area contributed by atoms with Gasteiger partial charge in [0.05, 0.1) is 12.7 Å². The average molecular weight is 219 g/mol. The molecule has 1 aromatic heterocycles. The molecule has 0 aliphatic carbocycles. The van der Waals surface area contributed by atoms with Crippen LogP contribution in [-0.4, -0.2) is 12.1 Å². The number of nitrogens with zero attached hydrogens (tertiary/aromatic N) is 2. The van der Waals surface area contributed by atoms with Gasteiger partial charge in [0.25, 0.3) is 6.43 Å². The standard InChI is InChI=1S/C8H5ClF2N2O/c1-14-6-4(3-12)2-5(8(10)11)13-7(6)9/h2,8H,1H3. The summed E-state index contributed by atoms with van der Waals surface area (Å²) in [7, 11) is 1.28. The minimum Gasteiger partial charge on any atom is -0.492 e. The van der Waals surface area contributed by atoms with Gasteiger partial charge in [-0.3, -0.25) is 0 Å². The second-order valence-corrected chi connectivity index (χ2v) is 2.69. The highest BCUT2D eigenvalue weighted by Crippen LogP contribution is 2.29. The molecule has 1 aromatic rings. The predicted molar refractivity (Wildman–Crippen MR) is 45.5 cm³/mol. The molecule has 0 amide bonds. The summed E-state index contributed by atoms with van der Waals surface area (Å²) in [5.41, 5.74) is -0.588. The number of halogens is 3. The summed E-state index contributed by atoms with van der Waals surface area (Å²) in [6.07, 6.45) is -2.76. The van der Waals surface area contributed by atoms with Crippen LogP contribution in [0.1, 0.15) is 17.7 Å². The molecule has 6 heteroatoms. The van der Waals surface area contributed by atoms with Gasteiger partial charge in [-0.05, 0) is 6.07 Å². The first-order valence-electron chi connectivity index (χ1n) is 3.52. The number of aromatic nitrogens is 1. The van der Waals surface area contributed by atoms with E-state index in [2.05, 4.69) is 4.98 Å². The molecule has 14 heavy (non-hydrogen) atoms. The van der Waals surface area contributed by atoms with Crippen LogP contribution in [0, 0.1) is 11.3 Å². The van der Waals surface area contributed by atoms with Gasteiger partial charge in [0.2, 0.25) is 0 Å². The molecule has 0 unspecified atom stereocenters. The van der Waals surface area contributed by atoms with E-state index in [0.717, 1.165) is 6.07 Å². The van der Waals surface area contributed by atoms with Crippen molar-refractivity contribution < 1.29 is 13.5 Å². The van der Waals surface area contributed by atoms with Gasteiger partial charge >= 0.3 is 0 Å². The first kappa shape index (κ1) is 10.7. The Labute approximate surface area is 83.9 Å². The lowest BCUT2D eigenvalue weighted by Gasteiger charge is -2.06. The fourth-order valence-electron chi connectivity index (χ4n) is 0.910. The van der Waals surface area contributed by atoms with Crippen molar-refractivity contribution >= 4 is 11.6 Å². The summed E-state index contributed by atoms with van der Waals surface area (Å²) in [6.45, 7) is 0. The fraction of sp³-hybridized carbons (Fsp3) is 0.250. The number of pyridine rings is 1. The van der Waals surface area contributed by atoms with E-state index in [1.807, 2.05) is 0 Å². The van der Waals surface area contributed by atoms with Crippen LogP contribution in [0.3, 0.4) is 0 Å². The van der Waals surface area contributed by atoms with Gasteiger partial charge < -0.3 is 4.74 Å². The van der Waals surface area contributed by atoms with Crippen molar-refractivity contribution in [1.82, 2.24) is 4.98 Å². The van der Waals surface area contributed by atoms with Gasteiger partial charge in [-0.25, -0.2) is 13.8 Å². The Hall–Kier alpha value is -1.41. The molecule has 0 aliphatic rings. The fourth-order valence-corrected chi connectivity index (χ4v) is 1.19. The first-order valence-corrected chi connectivity index (χ1v) is 3.90. The molecule has 74 valence electrons. The van der Waals surface area contributed by atoms with Crippen molar-refractivity contribution in [2.24, 2.45) is 0 Å². The second kappa shape index (κ2) is 4.20. The van der Waals surface area contributed by atoms with Crippen molar-refractivity contribution in [3.63, 3.8) is 0 Å². The summed E-state index contributed by atoms with van der Waals surface area (Å²) in [6, 6.07) is 2.65. The molecule has 0 bridgehead atoms. The molecular formula is C8H5ClF2N2O.